The van der Waals surface area contributed by atoms with E-state index in [2.05, 4.69) is 83.1 Å². The molecule has 6 heteroatoms. The molecule has 0 saturated heterocycles. The molecule has 0 saturated carbocycles. The topological polar surface area (TPSA) is 93.1 Å². The Bertz CT molecular complexity index is 1180. The SMILES string of the molecule is CC(C)(COC(=O)CCc1cc(C(C)(C)C)c(O)c(C(C)(C)C)c1)COC(=O)CCc1cc(C(C)(C)C)c(O)c(C(C)(C)C)c1. The van der Waals surface area contributed by atoms with Gasteiger partial charge in [0.1, 0.15) is 11.5 Å². The van der Waals surface area contributed by atoms with Crippen molar-refractivity contribution in [3.63, 3.8) is 0 Å². The van der Waals surface area contributed by atoms with E-state index in [0.29, 0.717) is 24.3 Å². The molecule has 0 aromatic heterocycles. The maximum atomic E-state index is 12.7. The van der Waals surface area contributed by atoms with Crippen LogP contribution < -0.4 is 0 Å². The number of phenolic OH excluding ortho intramolecular Hbond substituents is 2. The van der Waals surface area contributed by atoms with Gasteiger partial charge in [-0.05, 0) is 67.9 Å². The summed E-state index contributed by atoms with van der Waals surface area (Å²) >= 11 is 0. The minimum atomic E-state index is -0.542. The summed E-state index contributed by atoms with van der Waals surface area (Å²) in [7, 11) is 0. The summed E-state index contributed by atoms with van der Waals surface area (Å²) in [6, 6.07) is 7.97. The van der Waals surface area contributed by atoms with Gasteiger partial charge in [0, 0.05) is 18.3 Å². The average molecular weight is 625 g/mol. The molecular weight excluding hydrogens is 564 g/mol. The van der Waals surface area contributed by atoms with Crippen LogP contribution in [0.4, 0.5) is 0 Å². The third kappa shape index (κ3) is 11.1. The second-order valence-corrected chi connectivity index (χ2v) is 17.6. The van der Waals surface area contributed by atoms with Crippen molar-refractivity contribution >= 4 is 11.9 Å². The molecule has 0 amide bonds. The zero-order chi connectivity index (χ0) is 34.8. The van der Waals surface area contributed by atoms with Crippen LogP contribution in [0.1, 0.15) is 143 Å². The highest BCUT2D eigenvalue weighted by molar-refractivity contribution is 5.70. The highest BCUT2D eigenvalue weighted by Gasteiger charge is 2.29. The first-order valence-corrected chi connectivity index (χ1v) is 16.3. The van der Waals surface area contributed by atoms with Crippen LogP contribution in [0.15, 0.2) is 24.3 Å². The molecule has 0 aliphatic carbocycles. The maximum Gasteiger partial charge on any atom is 0.306 e. The fourth-order valence-corrected chi connectivity index (χ4v) is 5.19. The van der Waals surface area contributed by atoms with Gasteiger partial charge in [0.05, 0.1) is 13.2 Å². The summed E-state index contributed by atoms with van der Waals surface area (Å²) < 4.78 is 11.2. The summed E-state index contributed by atoms with van der Waals surface area (Å²) in [6.07, 6.45) is 1.44. The van der Waals surface area contributed by atoms with Crippen molar-refractivity contribution in [2.24, 2.45) is 5.41 Å². The Hall–Kier alpha value is -3.02. The zero-order valence-electron chi connectivity index (χ0n) is 30.6. The number of ether oxygens (including phenoxy) is 2. The van der Waals surface area contributed by atoms with Crippen LogP contribution in [0.2, 0.25) is 0 Å². The number of esters is 2. The number of hydrogen-bond donors (Lipinski definition) is 2. The van der Waals surface area contributed by atoms with E-state index in [1.54, 1.807) is 0 Å². The Morgan fingerprint density at radius 2 is 0.756 bits per heavy atom. The summed E-state index contributed by atoms with van der Waals surface area (Å²) in [4.78, 5) is 25.4. The molecule has 0 aliphatic heterocycles. The Labute approximate surface area is 272 Å². The van der Waals surface area contributed by atoms with Crippen LogP contribution in [0, 0.1) is 5.41 Å². The Kier molecular flexibility index (Phi) is 11.7. The fourth-order valence-electron chi connectivity index (χ4n) is 5.19. The molecule has 6 nitrogen and oxygen atoms in total. The first kappa shape index (κ1) is 38.2. The molecule has 0 aliphatic rings. The highest BCUT2D eigenvalue weighted by Crippen LogP contribution is 2.41. The molecule has 252 valence electrons. The van der Waals surface area contributed by atoms with Gasteiger partial charge >= 0.3 is 11.9 Å². The van der Waals surface area contributed by atoms with Gasteiger partial charge < -0.3 is 19.7 Å². The number of benzene rings is 2. The van der Waals surface area contributed by atoms with Gasteiger partial charge in [-0.25, -0.2) is 0 Å². The lowest BCUT2D eigenvalue weighted by atomic mass is 9.78. The predicted molar refractivity (Wildman–Crippen MR) is 183 cm³/mol. The molecule has 0 bridgehead atoms. The van der Waals surface area contributed by atoms with Gasteiger partial charge in [0.15, 0.2) is 0 Å². The minimum Gasteiger partial charge on any atom is -0.507 e. The van der Waals surface area contributed by atoms with E-state index in [1.807, 2.05) is 38.1 Å². The van der Waals surface area contributed by atoms with Crippen LogP contribution in [-0.4, -0.2) is 35.4 Å². The predicted octanol–water partition coefficient (Wildman–Crippen LogP) is 8.97. The van der Waals surface area contributed by atoms with Gasteiger partial charge in [-0.1, -0.05) is 121 Å². The summed E-state index contributed by atoms with van der Waals surface area (Å²) in [6.45, 7) is 28.9. The number of rotatable bonds is 10. The third-order valence-electron chi connectivity index (χ3n) is 8.05. The first-order chi connectivity index (χ1) is 20.2. The van der Waals surface area contributed by atoms with Crippen LogP contribution >= 0.6 is 0 Å². The largest absolute Gasteiger partial charge is 0.507 e. The van der Waals surface area contributed by atoms with Gasteiger partial charge in [-0.2, -0.15) is 0 Å². The Morgan fingerprint density at radius 1 is 0.511 bits per heavy atom. The number of aryl methyl sites for hydroxylation is 2. The van der Waals surface area contributed by atoms with E-state index in [0.717, 1.165) is 33.4 Å². The number of carbonyl (C=O) groups is 2. The van der Waals surface area contributed by atoms with E-state index in [1.165, 1.54) is 0 Å². The van der Waals surface area contributed by atoms with Gasteiger partial charge in [-0.3, -0.25) is 9.59 Å². The number of phenols is 2. The monoisotopic (exact) mass is 624 g/mol. The Morgan fingerprint density at radius 3 is 0.978 bits per heavy atom. The third-order valence-corrected chi connectivity index (χ3v) is 8.05. The molecule has 2 aromatic carbocycles. The van der Waals surface area contributed by atoms with Crippen LogP contribution in [0.3, 0.4) is 0 Å². The lowest BCUT2D eigenvalue weighted by Crippen LogP contribution is -2.28. The lowest BCUT2D eigenvalue weighted by Gasteiger charge is -2.28. The van der Waals surface area contributed by atoms with E-state index >= 15 is 0 Å². The standard InChI is InChI=1S/C39H60O6/c1-35(2,3)27-19-25(20-28(33(27)42)36(4,5)6)15-17-31(40)44-23-39(13,14)24-45-32(41)18-16-26-21-29(37(7,8)9)34(43)30(22-26)38(10,11)12/h19-22,42-43H,15-18,23-24H2,1-14H3. The number of hydrogen-bond acceptors (Lipinski definition) is 6. The van der Waals surface area contributed by atoms with Crippen molar-refractivity contribution < 1.29 is 29.3 Å². The van der Waals surface area contributed by atoms with Crippen molar-refractivity contribution in [2.75, 3.05) is 13.2 Å². The van der Waals surface area contributed by atoms with Crippen molar-refractivity contribution in [2.45, 2.75) is 144 Å². The maximum absolute atomic E-state index is 12.7. The summed E-state index contributed by atoms with van der Waals surface area (Å²) in [5, 5.41) is 21.9. The van der Waals surface area contributed by atoms with Crippen molar-refractivity contribution in [3.05, 3.63) is 57.6 Å². The van der Waals surface area contributed by atoms with E-state index < -0.39 is 5.41 Å². The van der Waals surface area contributed by atoms with Crippen molar-refractivity contribution in [1.82, 2.24) is 0 Å². The molecule has 0 unspecified atom stereocenters. The molecule has 0 atom stereocenters. The highest BCUT2D eigenvalue weighted by atomic mass is 16.5. The number of aromatic hydroxyl groups is 2. The van der Waals surface area contributed by atoms with E-state index in [4.69, 9.17) is 9.47 Å². The summed E-state index contributed by atoms with van der Waals surface area (Å²) in [5.41, 5.74) is 3.97. The molecule has 2 aromatic rings. The fraction of sp³-hybridized carbons (Fsp3) is 0.641. The normalized spacial score (nSPS) is 13.1. The van der Waals surface area contributed by atoms with E-state index in [-0.39, 0.29) is 59.7 Å². The molecule has 0 radical (unpaired) electrons. The Balaban J connectivity index is 1.96. The van der Waals surface area contributed by atoms with Gasteiger partial charge in [0.2, 0.25) is 0 Å². The molecule has 0 spiro atoms. The van der Waals surface area contributed by atoms with Crippen molar-refractivity contribution in [1.29, 1.82) is 0 Å². The zero-order valence-corrected chi connectivity index (χ0v) is 30.6. The number of carbonyl (C=O) groups excluding carboxylic acids is 2. The average Bonchev–Trinajstić information content (AvgIpc) is 2.87. The van der Waals surface area contributed by atoms with Crippen molar-refractivity contribution in [3.8, 4) is 11.5 Å². The van der Waals surface area contributed by atoms with Crippen LogP contribution in [0.5, 0.6) is 11.5 Å². The molecule has 2 rings (SSSR count). The lowest BCUT2D eigenvalue weighted by molar-refractivity contribution is -0.152. The smallest absolute Gasteiger partial charge is 0.306 e. The molecule has 0 heterocycles. The van der Waals surface area contributed by atoms with Crippen LogP contribution in [-0.2, 0) is 53.6 Å². The van der Waals surface area contributed by atoms with Gasteiger partial charge in [-0.15, -0.1) is 0 Å². The molecular formula is C39H60O6. The minimum absolute atomic E-state index is 0.136. The molecule has 45 heavy (non-hydrogen) atoms. The van der Waals surface area contributed by atoms with E-state index in [9.17, 15) is 19.8 Å². The van der Waals surface area contributed by atoms with Crippen LogP contribution in [0.25, 0.3) is 0 Å². The second kappa shape index (κ2) is 13.8. The quantitative estimate of drug-likeness (QED) is 0.256. The second-order valence-electron chi connectivity index (χ2n) is 17.6. The molecule has 2 N–H and O–H groups in total. The van der Waals surface area contributed by atoms with Gasteiger partial charge in [0.25, 0.3) is 0 Å². The first-order valence-electron chi connectivity index (χ1n) is 16.3. The summed E-state index contributed by atoms with van der Waals surface area (Å²) in [5.74, 6) is 0.0254. The molecule has 0 fully saturated rings.